The molecule has 4 aromatic rings. The van der Waals surface area contributed by atoms with Gasteiger partial charge < -0.3 is 30.4 Å². The Morgan fingerprint density at radius 1 is 1.15 bits per heavy atom. The lowest BCUT2D eigenvalue weighted by atomic mass is 9.81. The van der Waals surface area contributed by atoms with Crippen molar-refractivity contribution >= 4 is 22.7 Å². The van der Waals surface area contributed by atoms with Crippen molar-refractivity contribution in [1.29, 1.82) is 0 Å². The first-order chi connectivity index (χ1) is 21.7. The van der Waals surface area contributed by atoms with E-state index in [4.69, 9.17) is 19.9 Å². The second-order valence-electron chi connectivity index (χ2n) is 11.6. The molecule has 2 aromatic carbocycles. The molecule has 2 amide bonds. The number of methoxy groups -OCH3 is 2. The van der Waals surface area contributed by atoms with Gasteiger partial charge in [-0.3, -0.25) is 14.3 Å². The Labute approximate surface area is 259 Å². The maximum Gasteiger partial charge on any atom is 0.424 e. The number of aliphatic hydroxyl groups is 1. The van der Waals surface area contributed by atoms with Crippen LogP contribution in [0.15, 0.2) is 42.6 Å². The number of fused-ring (bicyclic) bond motifs is 2. The van der Waals surface area contributed by atoms with E-state index in [9.17, 15) is 32.3 Å². The lowest BCUT2D eigenvalue weighted by Gasteiger charge is -2.31. The molecular weight excluding hydrogens is 614 g/mol. The highest BCUT2D eigenvalue weighted by Crippen LogP contribution is 2.48. The molecule has 2 atom stereocenters. The molecule has 242 valence electrons. The van der Waals surface area contributed by atoms with Crippen molar-refractivity contribution in [2.24, 2.45) is 5.73 Å². The van der Waals surface area contributed by atoms with E-state index in [-0.39, 0.29) is 52.3 Å². The minimum absolute atomic E-state index is 0.0278. The first-order valence-corrected chi connectivity index (χ1v) is 14.2. The lowest BCUT2D eigenvalue weighted by molar-refractivity contribution is -0.265. The normalized spacial score (nSPS) is 18.9. The smallest absolute Gasteiger partial charge is 0.424 e. The Balaban J connectivity index is 1.41. The Bertz CT molecular complexity index is 1890. The van der Waals surface area contributed by atoms with Gasteiger partial charge in [-0.25, -0.2) is 9.37 Å². The second-order valence-corrected chi connectivity index (χ2v) is 11.6. The van der Waals surface area contributed by atoms with E-state index in [0.717, 1.165) is 25.0 Å². The highest BCUT2D eigenvalue weighted by Gasteiger charge is 2.57. The fourth-order valence-electron chi connectivity index (χ4n) is 5.38. The number of aromatic nitrogens is 3. The number of primary amides is 1. The SMILES string of the molecule is COc1cc(-c2nc([C@@](O)(CNC(=O)c3cc(OC)c4nn(C5CC5)cc4c3)C(F)(F)F)cc3c2OC[C@]3(C)C(N)=O)ccc1F. The molecule has 0 unspecified atom stereocenters. The molecule has 3 heterocycles. The van der Waals surface area contributed by atoms with E-state index < -0.39 is 47.1 Å². The number of halogens is 4. The Hall–Kier alpha value is -4.92. The lowest BCUT2D eigenvalue weighted by Crippen LogP contribution is -2.51. The van der Waals surface area contributed by atoms with Gasteiger partial charge in [0.2, 0.25) is 11.5 Å². The summed E-state index contributed by atoms with van der Waals surface area (Å²) in [5.74, 6) is -2.63. The zero-order valence-electron chi connectivity index (χ0n) is 24.9. The molecule has 15 heteroatoms. The summed E-state index contributed by atoms with van der Waals surface area (Å²) in [6, 6.07) is 7.38. The van der Waals surface area contributed by atoms with Crippen LogP contribution in [0.3, 0.4) is 0 Å². The van der Waals surface area contributed by atoms with Crippen LogP contribution in [0.4, 0.5) is 17.6 Å². The first kappa shape index (κ1) is 31.1. The highest BCUT2D eigenvalue weighted by molar-refractivity contribution is 6.00. The zero-order chi connectivity index (χ0) is 33.2. The topological polar surface area (TPSA) is 151 Å². The third-order valence-corrected chi connectivity index (χ3v) is 8.43. The summed E-state index contributed by atoms with van der Waals surface area (Å²) in [5, 5.41) is 18.6. The van der Waals surface area contributed by atoms with Crippen molar-refractivity contribution in [1.82, 2.24) is 20.1 Å². The maximum absolute atomic E-state index is 14.8. The fourth-order valence-corrected chi connectivity index (χ4v) is 5.38. The molecule has 1 fully saturated rings. The van der Waals surface area contributed by atoms with Gasteiger partial charge >= 0.3 is 6.18 Å². The van der Waals surface area contributed by atoms with Crippen LogP contribution < -0.4 is 25.3 Å². The van der Waals surface area contributed by atoms with Gasteiger partial charge in [-0.05, 0) is 56.2 Å². The van der Waals surface area contributed by atoms with E-state index in [0.29, 0.717) is 10.9 Å². The Morgan fingerprint density at radius 3 is 2.50 bits per heavy atom. The largest absolute Gasteiger partial charge is 0.494 e. The number of carbonyl (C=O) groups is 2. The summed E-state index contributed by atoms with van der Waals surface area (Å²) in [4.78, 5) is 29.9. The summed E-state index contributed by atoms with van der Waals surface area (Å²) < 4.78 is 76.5. The summed E-state index contributed by atoms with van der Waals surface area (Å²) >= 11 is 0. The second kappa shape index (κ2) is 10.9. The molecule has 6 rings (SSSR count). The molecule has 2 aromatic heterocycles. The number of nitrogens with two attached hydrogens (primary N) is 1. The monoisotopic (exact) mass is 643 g/mol. The average Bonchev–Trinajstić information content (AvgIpc) is 3.69. The molecule has 1 aliphatic heterocycles. The molecule has 2 aliphatic rings. The van der Waals surface area contributed by atoms with Crippen molar-refractivity contribution < 1.29 is 46.5 Å². The van der Waals surface area contributed by atoms with Crippen LogP contribution in [0, 0.1) is 5.82 Å². The van der Waals surface area contributed by atoms with Gasteiger partial charge in [-0.2, -0.15) is 18.3 Å². The van der Waals surface area contributed by atoms with Crippen LogP contribution in [0.2, 0.25) is 0 Å². The van der Waals surface area contributed by atoms with Crippen molar-refractivity contribution in [3.8, 4) is 28.5 Å². The van der Waals surface area contributed by atoms with Crippen LogP contribution in [0.25, 0.3) is 22.2 Å². The third kappa shape index (κ3) is 5.04. The van der Waals surface area contributed by atoms with Crippen molar-refractivity contribution in [2.45, 2.75) is 43.0 Å². The number of rotatable bonds is 9. The molecular formula is C31H29F4N5O6. The fraction of sp³-hybridized carbons (Fsp3) is 0.355. The molecule has 0 spiro atoms. The van der Waals surface area contributed by atoms with Crippen molar-refractivity contribution in [3.63, 3.8) is 0 Å². The van der Waals surface area contributed by atoms with Crippen molar-refractivity contribution in [3.05, 3.63) is 65.2 Å². The number of carbonyl (C=O) groups excluding carboxylic acids is 2. The number of alkyl halides is 3. The van der Waals surface area contributed by atoms with Gasteiger partial charge in [0.25, 0.3) is 5.91 Å². The van der Waals surface area contributed by atoms with Crippen LogP contribution in [0.1, 0.15) is 47.4 Å². The number of hydrogen-bond donors (Lipinski definition) is 3. The van der Waals surface area contributed by atoms with Crippen molar-refractivity contribution in [2.75, 3.05) is 27.4 Å². The number of benzene rings is 2. The highest BCUT2D eigenvalue weighted by atomic mass is 19.4. The van der Waals surface area contributed by atoms with Gasteiger partial charge in [0.15, 0.2) is 11.6 Å². The zero-order valence-corrected chi connectivity index (χ0v) is 24.9. The summed E-state index contributed by atoms with van der Waals surface area (Å²) in [5.41, 5.74) is -0.444. The summed E-state index contributed by atoms with van der Waals surface area (Å²) in [6.45, 7) is -0.302. The first-order valence-electron chi connectivity index (χ1n) is 14.2. The van der Waals surface area contributed by atoms with Gasteiger partial charge in [0, 0.05) is 28.3 Å². The van der Waals surface area contributed by atoms with Gasteiger partial charge in [0.05, 0.1) is 32.5 Å². The van der Waals surface area contributed by atoms with Crippen LogP contribution in [0.5, 0.6) is 17.2 Å². The molecule has 46 heavy (non-hydrogen) atoms. The minimum Gasteiger partial charge on any atom is -0.494 e. The van der Waals surface area contributed by atoms with Gasteiger partial charge in [0.1, 0.15) is 34.7 Å². The number of nitrogens with zero attached hydrogens (tertiary/aromatic N) is 3. The molecule has 0 radical (unpaired) electrons. The standard InChI is InChI=1S/C31H29F4N5O6/c1-29(28(36)42)14-46-26-19(29)11-23(38-25(26)15-4-7-20(32)21(9-15)44-2)30(43,31(33,34)35)13-37-27(41)16-8-17-12-40(18-5-6-18)39-24(17)22(10-16)45-3/h4,7-12,18,43H,5-6,13-14H2,1-3H3,(H2,36,42)(H,37,41)/t29-,30-/m0/s1. The van der Waals surface area contributed by atoms with E-state index in [1.165, 1.54) is 45.4 Å². The predicted molar refractivity (Wildman–Crippen MR) is 155 cm³/mol. The molecule has 0 saturated heterocycles. The molecule has 0 bridgehead atoms. The van der Waals surface area contributed by atoms with E-state index >= 15 is 0 Å². The molecule has 4 N–H and O–H groups in total. The Morgan fingerprint density at radius 2 is 1.87 bits per heavy atom. The van der Waals surface area contributed by atoms with Gasteiger partial charge in [-0.15, -0.1) is 0 Å². The minimum atomic E-state index is -5.38. The summed E-state index contributed by atoms with van der Waals surface area (Å²) in [6.07, 6.45) is -1.74. The third-order valence-electron chi connectivity index (χ3n) is 8.43. The maximum atomic E-state index is 14.8. The average molecular weight is 644 g/mol. The number of nitrogens with one attached hydrogen (secondary N) is 1. The molecule has 1 aliphatic carbocycles. The van der Waals surface area contributed by atoms with Crippen LogP contribution in [-0.4, -0.2) is 65.2 Å². The van der Waals surface area contributed by atoms with E-state index in [2.05, 4.69) is 15.4 Å². The molecule has 11 nitrogen and oxygen atoms in total. The van der Waals surface area contributed by atoms with Gasteiger partial charge in [-0.1, -0.05) is 0 Å². The van der Waals surface area contributed by atoms with E-state index in [1.54, 1.807) is 10.9 Å². The number of amides is 2. The predicted octanol–water partition coefficient (Wildman–Crippen LogP) is 3.90. The van der Waals surface area contributed by atoms with Crippen LogP contribution in [-0.2, 0) is 15.8 Å². The quantitative estimate of drug-likeness (QED) is 0.233. The number of ether oxygens (including phenoxy) is 3. The number of pyridine rings is 1. The molecule has 1 saturated carbocycles. The summed E-state index contributed by atoms with van der Waals surface area (Å²) in [7, 11) is 2.58. The number of hydrogen-bond acceptors (Lipinski definition) is 8. The van der Waals surface area contributed by atoms with Crippen LogP contribution >= 0.6 is 0 Å². The van der Waals surface area contributed by atoms with E-state index in [1.807, 2.05) is 0 Å². The Kier molecular flexibility index (Phi) is 7.34.